The number of aromatic nitrogens is 2. The van der Waals surface area contributed by atoms with E-state index in [0.29, 0.717) is 17.9 Å². The van der Waals surface area contributed by atoms with Gasteiger partial charge < -0.3 is 11.1 Å². The second kappa shape index (κ2) is 4.91. The van der Waals surface area contributed by atoms with Gasteiger partial charge in [-0.2, -0.15) is 5.10 Å². The maximum absolute atomic E-state index is 11.8. The number of benzene rings is 1. The van der Waals surface area contributed by atoms with Crippen LogP contribution in [-0.4, -0.2) is 15.7 Å². The number of nitrogens with zero attached hydrogens (tertiary/aromatic N) is 2. The molecule has 3 N–H and O–H groups in total. The lowest BCUT2D eigenvalue weighted by atomic mass is 10.1. The van der Waals surface area contributed by atoms with Gasteiger partial charge in [0.2, 0.25) is 5.91 Å². The van der Waals surface area contributed by atoms with Crippen LogP contribution in [0.2, 0.25) is 0 Å². The minimum absolute atomic E-state index is 0.0669. The topological polar surface area (TPSA) is 72.9 Å². The van der Waals surface area contributed by atoms with Crippen molar-refractivity contribution in [3.63, 3.8) is 0 Å². The Balaban J connectivity index is 2.01. The van der Waals surface area contributed by atoms with Crippen LogP contribution < -0.4 is 11.1 Å². The molecule has 0 aliphatic carbocycles. The van der Waals surface area contributed by atoms with Crippen molar-refractivity contribution >= 4 is 17.4 Å². The molecule has 0 bridgehead atoms. The van der Waals surface area contributed by atoms with Crippen LogP contribution in [0.25, 0.3) is 0 Å². The average molecular weight is 244 g/mol. The molecule has 1 heterocycles. The Morgan fingerprint density at radius 1 is 1.39 bits per heavy atom. The fraction of sp³-hybridized carbons (Fsp3) is 0.231. The molecule has 2 rings (SSSR count). The monoisotopic (exact) mass is 244 g/mol. The van der Waals surface area contributed by atoms with Gasteiger partial charge in [-0.05, 0) is 24.6 Å². The van der Waals surface area contributed by atoms with Gasteiger partial charge in [-0.25, -0.2) is 0 Å². The molecule has 0 saturated carbocycles. The predicted octanol–water partition coefficient (Wildman–Crippen LogP) is 1.49. The molecule has 0 radical (unpaired) electrons. The highest BCUT2D eigenvalue weighted by Crippen LogP contribution is 2.10. The molecule has 0 unspecified atom stereocenters. The summed E-state index contributed by atoms with van der Waals surface area (Å²) in [4.78, 5) is 11.8. The van der Waals surface area contributed by atoms with Crippen molar-refractivity contribution in [1.82, 2.24) is 9.78 Å². The third kappa shape index (κ3) is 2.88. The highest BCUT2D eigenvalue weighted by molar-refractivity contribution is 5.91. The number of carbonyl (C=O) groups is 1. The van der Waals surface area contributed by atoms with Gasteiger partial charge in [-0.1, -0.05) is 12.1 Å². The molecular weight excluding hydrogens is 228 g/mol. The average Bonchev–Trinajstić information content (AvgIpc) is 2.61. The van der Waals surface area contributed by atoms with Gasteiger partial charge >= 0.3 is 0 Å². The van der Waals surface area contributed by atoms with Crippen LogP contribution in [0, 0.1) is 6.92 Å². The van der Waals surface area contributed by atoms with Crippen LogP contribution in [0.4, 0.5) is 11.5 Å². The van der Waals surface area contributed by atoms with Crippen molar-refractivity contribution in [3.8, 4) is 0 Å². The van der Waals surface area contributed by atoms with Crippen molar-refractivity contribution in [2.24, 2.45) is 7.05 Å². The number of carbonyl (C=O) groups excluding carboxylic acids is 1. The Labute approximate surface area is 106 Å². The Morgan fingerprint density at radius 3 is 2.61 bits per heavy atom. The molecule has 5 nitrogen and oxygen atoms in total. The SMILES string of the molecule is Cc1cc(NC(=O)Cc2ccc(N)cc2)n(C)n1. The summed E-state index contributed by atoms with van der Waals surface area (Å²) in [5, 5.41) is 6.99. The predicted molar refractivity (Wildman–Crippen MR) is 71.1 cm³/mol. The lowest BCUT2D eigenvalue weighted by Crippen LogP contribution is -2.16. The van der Waals surface area contributed by atoms with Crippen LogP contribution in [0.15, 0.2) is 30.3 Å². The molecule has 2 aromatic rings. The minimum Gasteiger partial charge on any atom is -0.399 e. The van der Waals surface area contributed by atoms with Crippen molar-refractivity contribution in [3.05, 3.63) is 41.6 Å². The Bertz CT molecular complexity index is 557. The van der Waals surface area contributed by atoms with Gasteiger partial charge in [0.1, 0.15) is 5.82 Å². The van der Waals surface area contributed by atoms with Gasteiger partial charge in [-0.15, -0.1) is 0 Å². The van der Waals surface area contributed by atoms with Crippen LogP contribution in [0.1, 0.15) is 11.3 Å². The third-order valence-corrected chi connectivity index (χ3v) is 2.61. The zero-order valence-electron chi connectivity index (χ0n) is 10.5. The minimum atomic E-state index is -0.0669. The quantitative estimate of drug-likeness (QED) is 0.803. The van der Waals surface area contributed by atoms with Crippen LogP contribution >= 0.6 is 0 Å². The van der Waals surface area contributed by atoms with Gasteiger partial charge in [0, 0.05) is 18.8 Å². The van der Waals surface area contributed by atoms with Crippen molar-refractivity contribution in [2.45, 2.75) is 13.3 Å². The Hall–Kier alpha value is -2.30. The van der Waals surface area contributed by atoms with E-state index >= 15 is 0 Å². The number of nitrogens with two attached hydrogens (primary N) is 1. The second-order valence-electron chi connectivity index (χ2n) is 4.26. The third-order valence-electron chi connectivity index (χ3n) is 2.61. The number of hydrogen-bond acceptors (Lipinski definition) is 3. The first kappa shape index (κ1) is 12.2. The smallest absolute Gasteiger partial charge is 0.229 e. The van der Waals surface area contributed by atoms with E-state index < -0.39 is 0 Å². The van der Waals surface area contributed by atoms with Crippen LogP contribution in [0.5, 0.6) is 0 Å². The zero-order chi connectivity index (χ0) is 13.1. The Kier molecular flexibility index (Phi) is 3.32. The number of hydrogen-bond donors (Lipinski definition) is 2. The molecule has 0 saturated heterocycles. The molecule has 0 fully saturated rings. The number of nitrogens with one attached hydrogen (secondary N) is 1. The van der Waals surface area contributed by atoms with Gasteiger partial charge in [0.05, 0.1) is 12.1 Å². The van der Waals surface area contributed by atoms with Crippen molar-refractivity contribution in [2.75, 3.05) is 11.1 Å². The van der Waals surface area contributed by atoms with E-state index in [1.807, 2.05) is 25.1 Å². The van der Waals surface area contributed by atoms with Crippen LogP contribution in [-0.2, 0) is 18.3 Å². The molecule has 0 aliphatic rings. The summed E-state index contributed by atoms with van der Waals surface area (Å²) in [6, 6.07) is 9.11. The summed E-state index contributed by atoms with van der Waals surface area (Å²) < 4.78 is 1.65. The Morgan fingerprint density at radius 2 is 2.06 bits per heavy atom. The first-order valence-electron chi connectivity index (χ1n) is 5.69. The summed E-state index contributed by atoms with van der Waals surface area (Å²) in [5.74, 6) is 0.635. The van der Waals surface area contributed by atoms with E-state index in [0.717, 1.165) is 11.3 Å². The van der Waals surface area contributed by atoms with E-state index in [1.165, 1.54) is 0 Å². The molecule has 5 heteroatoms. The van der Waals surface area contributed by atoms with Gasteiger partial charge in [0.25, 0.3) is 0 Å². The van der Waals surface area contributed by atoms with E-state index in [9.17, 15) is 4.79 Å². The summed E-state index contributed by atoms with van der Waals surface area (Å²) in [7, 11) is 1.80. The fourth-order valence-corrected chi connectivity index (χ4v) is 1.74. The molecule has 94 valence electrons. The number of nitrogen functional groups attached to an aromatic ring is 1. The number of rotatable bonds is 3. The molecule has 0 aliphatic heterocycles. The zero-order valence-corrected chi connectivity index (χ0v) is 10.5. The molecule has 1 amide bonds. The molecule has 0 spiro atoms. The molecule has 18 heavy (non-hydrogen) atoms. The summed E-state index contributed by atoms with van der Waals surface area (Å²) in [6.45, 7) is 1.88. The van der Waals surface area contributed by atoms with Crippen LogP contribution in [0.3, 0.4) is 0 Å². The van der Waals surface area contributed by atoms with Gasteiger partial charge in [0.15, 0.2) is 0 Å². The fourth-order valence-electron chi connectivity index (χ4n) is 1.74. The molecule has 1 aromatic carbocycles. The summed E-state index contributed by atoms with van der Waals surface area (Å²) in [5.41, 5.74) is 8.09. The first-order chi connectivity index (χ1) is 8.54. The van der Waals surface area contributed by atoms with E-state index in [-0.39, 0.29) is 5.91 Å². The number of aryl methyl sites for hydroxylation is 2. The molecule has 1 aromatic heterocycles. The standard InChI is InChI=1S/C13H16N4O/c1-9-7-12(17(2)16-9)15-13(18)8-10-3-5-11(14)6-4-10/h3-7H,8,14H2,1-2H3,(H,15,18). The van der Waals surface area contributed by atoms with Gasteiger partial charge in [-0.3, -0.25) is 9.48 Å². The second-order valence-corrected chi connectivity index (χ2v) is 4.26. The van der Waals surface area contributed by atoms with E-state index in [2.05, 4.69) is 10.4 Å². The number of amides is 1. The number of anilines is 2. The largest absolute Gasteiger partial charge is 0.399 e. The highest BCUT2D eigenvalue weighted by atomic mass is 16.1. The first-order valence-corrected chi connectivity index (χ1v) is 5.69. The van der Waals surface area contributed by atoms with Crippen molar-refractivity contribution < 1.29 is 4.79 Å². The summed E-state index contributed by atoms with van der Waals surface area (Å²) in [6.07, 6.45) is 0.324. The maximum atomic E-state index is 11.8. The molecule has 0 atom stereocenters. The molecular formula is C13H16N4O. The highest BCUT2D eigenvalue weighted by Gasteiger charge is 2.07. The van der Waals surface area contributed by atoms with E-state index in [1.54, 1.807) is 23.9 Å². The lowest BCUT2D eigenvalue weighted by Gasteiger charge is -2.05. The normalized spacial score (nSPS) is 10.3. The maximum Gasteiger partial charge on any atom is 0.229 e. The summed E-state index contributed by atoms with van der Waals surface area (Å²) >= 11 is 0. The van der Waals surface area contributed by atoms with Crippen molar-refractivity contribution in [1.29, 1.82) is 0 Å². The van der Waals surface area contributed by atoms with E-state index in [4.69, 9.17) is 5.73 Å². The lowest BCUT2D eigenvalue weighted by molar-refractivity contribution is -0.115.